The van der Waals surface area contributed by atoms with Gasteiger partial charge in [-0.05, 0) is 114 Å². The highest BCUT2D eigenvalue weighted by Crippen LogP contribution is 2.42. The van der Waals surface area contributed by atoms with E-state index in [0.717, 1.165) is 64.6 Å². The molecular weight excluding hydrogens is 653 g/mol. The van der Waals surface area contributed by atoms with Crippen molar-refractivity contribution in [2.45, 2.75) is 19.3 Å². The number of anilines is 1. The molecule has 1 aliphatic rings. The van der Waals surface area contributed by atoms with Crippen LogP contribution in [0, 0.1) is 0 Å². The molecule has 0 fully saturated rings. The van der Waals surface area contributed by atoms with Gasteiger partial charge in [0.15, 0.2) is 0 Å². The molecule has 9 aromatic rings. The van der Waals surface area contributed by atoms with E-state index in [1.54, 1.807) is 0 Å². The first-order valence-corrected chi connectivity index (χ1v) is 18.8. The summed E-state index contributed by atoms with van der Waals surface area (Å²) in [6, 6.07) is 48.1. The summed E-state index contributed by atoms with van der Waals surface area (Å²) >= 11 is 1.82. The van der Waals surface area contributed by atoms with Gasteiger partial charge in [0.05, 0.1) is 11.0 Å². The maximum absolute atomic E-state index is 6.13. The lowest BCUT2D eigenvalue weighted by Gasteiger charge is -2.20. The van der Waals surface area contributed by atoms with Crippen molar-refractivity contribution in [1.82, 2.24) is 4.57 Å². The molecule has 4 heteroatoms. The van der Waals surface area contributed by atoms with Crippen molar-refractivity contribution in [2.24, 2.45) is 0 Å². The molecule has 250 valence electrons. The summed E-state index contributed by atoms with van der Waals surface area (Å²) in [5.74, 6) is 0. The maximum Gasteiger partial charge on any atom is 0.135 e. The molecule has 3 nitrogen and oxygen atoms in total. The second kappa shape index (κ2) is 12.3. The van der Waals surface area contributed by atoms with Crippen molar-refractivity contribution >= 4 is 82.5 Å². The molecule has 0 unspecified atom stereocenters. The van der Waals surface area contributed by atoms with Crippen molar-refractivity contribution in [1.29, 1.82) is 0 Å². The van der Waals surface area contributed by atoms with E-state index in [-0.39, 0.29) is 0 Å². The zero-order valence-corrected chi connectivity index (χ0v) is 29.6. The molecule has 0 atom stereocenters. The van der Waals surface area contributed by atoms with Crippen LogP contribution < -0.4 is 4.90 Å². The fourth-order valence-corrected chi connectivity index (χ4v) is 9.17. The number of benzene rings is 6. The molecule has 4 heterocycles. The number of hydrogen-bond acceptors (Lipinski definition) is 3. The third kappa shape index (κ3) is 5.02. The molecule has 0 saturated carbocycles. The average molecular weight is 689 g/mol. The first kappa shape index (κ1) is 30.7. The van der Waals surface area contributed by atoms with Gasteiger partial charge in [0, 0.05) is 66.2 Å². The van der Waals surface area contributed by atoms with E-state index >= 15 is 0 Å². The largest absolute Gasteiger partial charge is 0.456 e. The van der Waals surface area contributed by atoms with Crippen LogP contribution in [0.4, 0.5) is 5.69 Å². The van der Waals surface area contributed by atoms with Crippen molar-refractivity contribution in [3.8, 4) is 16.8 Å². The summed E-state index contributed by atoms with van der Waals surface area (Å²) in [6.07, 6.45) is 7.70. The normalized spacial score (nSPS) is 14.8. The Balaban J connectivity index is 1.13. The van der Waals surface area contributed by atoms with Crippen LogP contribution in [0.5, 0.6) is 0 Å². The molecule has 52 heavy (non-hydrogen) atoms. The molecular formula is C48H36N2OS. The number of furan rings is 1. The summed E-state index contributed by atoms with van der Waals surface area (Å²) in [6.45, 7) is 10.0. The van der Waals surface area contributed by atoms with E-state index in [9.17, 15) is 0 Å². The Labute approximate surface area is 306 Å². The number of para-hydroxylation sites is 3. The predicted octanol–water partition coefficient (Wildman–Crippen LogP) is 13.8. The predicted molar refractivity (Wildman–Crippen MR) is 224 cm³/mol. The minimum atomic E-state index is 0.914. The quantitative estimate of drug-likeness (QED) is 0.184. The lowest BCUT2D eigenvalue weighted by Crippen LogP contribution is -2.17. The Kier molecular flexibility index (Phi) is 7.26. The number of hydrogen-bond donors (Lipinski definition) is 0. The lowest BCUT2D eigenvalue weighted by atomic mass is 9.98. The van der Waals surface area contributed by atoms with Crippen molar-refractivity contribution < 1.29 is 4.42 Å². The van der Waals surface area contributed by atoms with Gasteiger partial charge in [0.25, 0.3) is 0 Å². The van der Waals surface area contributed by atoms with E-state index in [1.807, 2.05) is 23.5 Å². The minimum absolute atomic E-state index is 0.914. The highest BCUT2D eigenvalue weighted by molar-refractivity contribution is 7.20. The van der Waals surface area contributed by atoms with Gasteiger partial charge in [-0.15, -0.1) is 11.3 Å². The van der Waals surface area contributed by atoms with Gasteiger partial charge in [-0.3, -0.25) is 0 Å². The number of aromatic nitrogens is 1. The highest BCUT2D eigenvalue weighted by Gasteiger charge is 2.19. The second-order valence-electron chi connectivity index (χ2n) is 13.8. The van der Waals surface area contributed by atoms with Crippen molar-refractivity contribution in [2.75, 3.05) is 11.4 Å². The Morgan fingerprint density at radius 3 is 2.19 bits per heavy atom. The Morgan fingerprint density at radius 2 is 1.31 bits per heavy atom. The van der Waals surface area contributed by atoms with E-state index < -0.39 is 0 Å². The molecule has 0 amide bonds. The second-order valence-corrected chi connectivity index (χ2v) is 14.9. The third-order valence-electron chi connectivity index (χ3n) is 10.7. The van der Waals surface area contributed by atoms with E-state index in [4.69, 9.17) is 4.42 Å². The van der Waals surface area contributed by atoms with E-state index in [1.165, 1.54) is 59.1 Å². The van der Waals surface area contributed by atoms with Gasteiger partial charge in [-0.2, -0.15) is 0 Å². The highest BCUT2D eigenvalue weighted by atomic mass is 32.1. The molecule has 0 saturated heterocycles. The summed E-state index contributed by atoms with van der Waals surface area (Å²) in [5, 5.41) is 5.99. The summed E-state index contributed by atoms with van der Waals surface area (Å²) in [5.41, 5.74) is 12.3. The van der Waals surface area contributed by atoms with Crippen LogP contribution in [0.25, 0.3) is 82.3 Å². The van der Waals surface area contributed by atoms with Gasteiger partial charge in [-0.1, -0.05) is 79.9 Å². The number of allylic oxidation sites excluding steroid dienone is 2. The summed E-state index contributed by atoms with van der Waals surface area (Å²) in [4.78, 5) is 3.59. The molecule has 6 aromatic carbocycles. The Hall–Kier alpha value is -6.10. The van der Waals surface area contributed by atoms with Crippen LogP contribution in [0.2, 0.25) is 0 Å². The van der Waals surface area contributed by atoms with Crippen molar-refractivity contribution in [3.05, 3.63) is 169 Å². The number of rotatable bonds is 3. The van der Waals surface area contributed by atoms with Gasteiger partial charge in [-0.25, -0.2) is 0 Å². The van der Waals surface area contributed by atoms with Crippen LogP contribution in [-0.4, -0.2) is 11.1 Å². The number of fused-ring (bicyclic) bond motifs is 9. The van der Waals surface area contributed by atoms with E-state index in [0.29, 0.717) is 0 Å². The average Bonchev–Trinajstić information content (AvgIpc) is 3.85. The summed E-state index contributed by atoms with van der Waals surface area (Å²) < 4.78 is 9.80. The molecule has 0 radical (unpaired) electrons. The number of thiophene rings is 1. The SMILES string of the molecule is C=C1CCCCN(c2ccccc2)/C=C\c2c(sc3ccc(-n4c5ccccc5c5cc(-c6ccc7oc8ccccc8c7c6)ccc54)cc23)C1=C. The number of nitrogens with zero attached hydrogens (tertiary/aromatic N) is 2. The fourth-order valence-electron chi connectivity index (χ4n) is 7.98. The Bertz CT molecular complexity index is 2900. The molecule has 3 aromatic heterocycles. The van der Waals surface area contributed by atoms with E-state index in [2.05, 4.69) is 156 Å². The van der Waals surface area contributed by atoms with Crippen LogP contribution in [0.15, 0.2) is 163 Å². The van der Waals surface area contributed by atoms with Crippen LogP contribution in [0.1, 0.15) is 29.7 Å². The third-order valence-corrected chi connectivity index (χ3v) is 11.9. The Morgan fingerprint density at radius 1 is 0.577 bits per heavy atom. The van der Waals surface area contributed by atoms with Gasteiger partial charge >= 0.3 is 0 Å². The molecule has 0 bridgehead atoms. The standard InChI is InChI=1S/C48H36N2OS/c1-31-12-10-11-26-49(35-13-4-3-5-14-35)27-25-39-42-30-36(21-24-47(42)52-48(39)32(31)2)50-43-17-8-6-15-37(43)40-28-33(19-22-44(40)50)34-20-23-46-41(29-34)38-16-7-9-18-45(38)51-46/h3-9,13-25,27-30H,1-2,10-12,26H2/b27-25-. The minimum Gasteiger partial charge on any atom is -0.456 e. The van der Waals surface area contributed by atoms with Crippen molar-refractivity contribution in [3.63, 3.8) is 0 Å². The molecule has 0 N–H and O–H groups in total. The topological polar surface area (TPSA) is 21.3 Å². The smallest absolute Gasteiger partial charge is 0.135 e. The van der Waals surface area contributed by atoms with Crippen LogP contribution >= 0.6 is 11.3 Å². The molecule has 10 rings (SSSR count). The molecule has 0 aliphatic carbocycles. The van der Waals surface area contributed by atoms with Crippen LogP contribution in [0.3, 0.4) is 0 Å². The fraction of sp³-hybridized carbons (Fsp3) is 0.0833. The van der Waals surface area contributed by atoms with Crippen LogP contribution in [-0.2, 0) is 0 Å². The maximum atomic E-state index is 6.13. The van der Waals surface area contributed by atoms with Gasteiger partial charge in [0.1, 0.15) is 11.2 Å². The summed E-state index contributed by atoms with van der Waals surface area (Å²) in [7, 11) is 0. The van der Waals surface area contributed by atoms with Gasteiger partial charge in [0.2, 0.25) is 0 Å². The first-order valence-electron chi connectivity index (χ1n) is 18.0. The van der Waals surface area contributed by atoms with Gasteiger partial charge < -0.3 is 13.9 Å². The lowest BCUT2D eigenvalue weighted by molar-refractivity contribution is 0.669. The zero-order chi connectivity index (χ0) is 34.8. The first-order chi connectivity index (χ1) is 25.6. The zero-order valence-electron chi connectivity index (χ0n) is 28.8. The monoisotopic (exact) mass is 688 g/mol. The molecule has 0 spiro atoms. The molecule has 1 aliphatic heterocycles.